The van der Waals surface area contributed by atoms with Crippen LogP contribution in [0.5, 0.6) is 0 Å². The van der Waals surface area contributed by atoms with Crippen LogP contribution in [0.1, 0.15) is 30.5 Å². The summed E-state index contributed by atoms with van der Waals surface area (Å²) in [5.74, 6) is -0.845. The van der Waals surface area contributed by atoms with Gasteiger partial charge in [0.25, 0.3) is 5.56 Å². The first-order valence-electron chi connectivity index (χ1n) is 4.59. The molecule has 1 aliphatic rings. The number of nitrogens with one attached hydrogen (secondary N) is 2. The Kier molecular flexibility index (Phi) is 1.77. The van der Waals surface area contributed by atoms with Gasteiger partial charge in [-0.3, -0.25) is 14.7 Å². The fourth-order valence-corrected chi connectivity index (χ4v) is 2.00. The fourth-order valence-electron chi connectivity index (χ4n) is 2.00. The van der Waals surface area contributed by atoms with E-state index in [-0.39, 0.29) is 5.56 Å². The first kappa shape index (κ1) is 9.05. The monoisotopic (exact) mass is 196 g/mol. The van der Waals surface area contributed by atoms with Gasteiger partial charge in [0, 0.05) is 5.56 Å². The molecule has 5 heteroatoms. The molecule has 0 aromatic carbocycles. The predicted molar refractivity (Wildman–Crippen MR) is 49.3 cm³/mol. The van der Waals surface area contributed by atoms with E-state index in [0.29, 0.717) is 24.1 Å². The molecule has 14 heavy (non-hydrogen) atoms. The lowest BCUT2D eigenvalue weighted by Crippen LogP contribution is -2.43. The number of carbonyl (C=O) groups is 1. The van der Waals surface area contributed by atoms with Gasteiger partial charge in [0.15, 0.2) is 0 Å². The highest BCUT2D eigenvalue weighted by atomic mass is 16.4. The molecule has 1 aromatic heterocycles. The highest BCUT2D eigenvalue weighted by Crippen LogP contribution is 2.43. The Balaban J connectivity index is 2.52. The van der Waals surface area contributed by atoms with E-state index in [9.17, 15) is 9.59 Å². The molecule has 1 aliphatic carbocycles. The van der Waals surface area contributed by atoms with E-state index < -0.39 is 11.4 Å². The summed E-state index contributed by atoms with van der Waals surface area (Å²) in [7, 11) is 0. The zero-order chi connectivity index (χ0) is 10.3. The number of aromatic nitrogens is 2. The highest BCUT2D eigenvalue weighted by Gasteiger charge is 2.48. The Hall–Kier alpha value is -1.52. The average Bonchev–Trinajstić information content (AvgIpc) is 2.33. The van der Waals surface area contributed by atoms with Crippen molar-refractivity contribution in [1.29, 1.82) is 0 Å². The van der Waals surface area contributed by atoms with Gasteiger partial charge < -0.3 is 10.2 Å². The molecule has 1 saturated carbocycles. The summed E-state index contributed by atoms with van der Waals surface area (Å²) in [4.78, 5) is 22.3. The molecule has 5 nitrogen and oxygen atoms in total. The zero-order valence-corrected chi connectivity index (χ0v) is 7.89. The van der Waals surface area contributed by atoms with E-state index in [2.05, 4.69) is 10.2 Å². The SMILES string of the molecule is Cc1c(C2(C(=O)O)CCC2)[nH][nH]c1=O. The van der Waals surface area contributed by atoms with Crippen molar-refractivity contribution >= 4 is 5.97 Å². The maximum absolute atomic E-state index is 11.2. The molecule has 0 radical (unpaired) electrons. The van der Waals surface area contributed by atoms with Crippen molar-refractivity contribution < 1.29 is 9.90 Å². The number of H-pyrrole nitrogens is 2. The minimum atomic E-state index is -0.845. The number of carboxylic acids is 1. The van der Waals surface area contributed by atoms with Crippen LogP contribution in [0.4, 0.5) is 0 Å². The molecule has 0 bridgehead atoms. The van der Waals surface area contributed by atoms with Crippen molar-refractivity contribution in [3.05, 3.63) is 21.6 Å². The molecule has 0 spiro atoms. The van der Waals surface area contributed by atoms with Crippen LogP contribution < -0.4 is 5.56 Å². The second-order valence-corrected chi connectivity index (χ2v) is 3.82. The van der Waals surface area contributed by atoms with E-state index in [4.69, 9.17) is 5.11 Å². The first-order valence-corrected chi connectivity index (χ1v) is 4.59. The Morgan fingerprint density at radius 2 is 2.07 bits per heavy atom. The topological polar surface area (TPSA) is 85.9 Å². The average molecular weight is 196 g/mol. The molecule has 0 unspecified atom stereocenters. The van der Waals surface area contributed by atoms with Crippen molar-refractivity contribution in [3.8, 4) is 0 Å². The van der Waals surface area contributed by atoms with E-state index in [1.54, 1.807) is 6.92 Å². The van der Waals surface area contributed by atoms with Gasteiger partial charge in [-0.1, -0.05) is 6.42 Å². The summed E-state index contributed by atoms with van der Waals surface area (Å²) in [6.45, 7) is 1.65. The van der Waals surface area contributed by atoms with Crippen LogP contribution >= 0.6 is 0 Å². The Morgan fingerprint density at radius 3 is 2.36 bits per heavy atom. The molecule has 1 fully saturated rings. The summed E-state index contributed by atoms with van der Waals surface area (Å²) in [5, 5.41) is 14.2. The standard InChI is InChI=1S/C9H12N2O3/c1-5-6(10-11-7(5)12)9(8(13)14)3-2-4-9/h2-4H2,1H3,(H,13,14)(H2,10,11,12). The van der Waals surface area contributed by atoms with E-state index in [1.165, 1.54) is 0 Å². The predicted octanol–water partition coefficient (Wildman–Crippen LogP) is 0.518. The normalized spacial score (nSPS) is 18.9. The van der Waals surface area contributed by atoms with E-state index >= 15 is 0 Å². The lowest BCUT2D eigenvalue weighted by atomic mass is 9.66. The van der Waals surface area contributed by atoms with Crippen LogP contribution in [0.25, 0.3) is 0 Å². The van der Waals surface area contributed by atoms with Gasteiger partial charge in [-0.2, -0.15) is 0 Å². The molecule has 3 N–H and O–H groups in total. The molecule has 2 rings (SSSR count). The van der Waals surface area contributed by atoms with Crippen molar-refractivity contribution in [2.45, 2.75) is 31.6 Å². The number of carboxylic acid groups (broad SMARTS) is 1. The highest BCUT2D eigenvalue weighted by molar-refractivity contribution is 5.82. The molecular formula is C9H12N2O3. The minimum absolute atomic E-state index is 0.229. The summed E-state index contributed by atoms with van der Waals surface area (Å²) >= 11 is 0. The van der Waals surface area contributed by atoms with Crippen LogP contribution in [-0.2, 0) is 10.2 Å². The fraction of sp³-hybridized carbons (Fsp3) is 0.556. The molecular weight excluding hydrogens is 184 g/mol. The second kappa shape index (κ2) is 2.73. The summed E-state index contributed by atoms with van der Waals surface area (Å²) < 4.78 is 0. The van der Waals surface area contributed by atoms with Crippen LogP contribution in [0, 0.1) is 6.92 Å². The maximum atomic E-state index is 11.2. The number of hydrogen-bond acceptors (Lipinski definition) is 2. The van der Waals surface area contributed by atoms with Crippen molar-refractivity contribution in [1.82, 2.24) is 10.2 Å². The first-order chi connectivity index (χ1) is 6.58. The van der Waals surface area contributed by atoms with Gasteiger partial charge in [-0.25, -0.2) is 0 Å². The number of aliphatic carboxylic acids is 1. The Morgan fingerprint density at radius 1 is 1.43 bits per heavy atom. The molecule has 76 valence electrons. The minimum Gasteiger partial charge on any atom is -0.481 e. The molecule has 0 saturated heterocycles. The van der Waals surface area contributed by atoms with Crippen LogP contribution in [-0.4, -0.2) is 21.3 Å². The lowest BCUT2D eigenvalue weighted by Gasteiger charge is -2.36. The summed E-state index contributed by atoms with van der Waals surface area (Å²) in [6, 6.07) is 0. The maximum Gasteiger partial charge on any atom is 0.315 e. The van der Waals surface area contributed by atoms with Gasteiger partial charge >= 0.3 is 5.97 Å². The molecule has 0 aliphatic heterocycles. The molecule has 1 aromatic rings. The smallest absolute Gasteiger partial charge is 0.315 e. The summed E-state index contributed by atoms with van der Waals surface area (Å²) in [6.07, 6.45) is 2.12. The van der Waals surface area contributed by atoms with Crippen molar-refractivity contribution in [3.63, 3.8) is 0 Å². The van der Waals surface area contributed by atoms with Crippen molar-refractivity contribution in [2.75, 3.05) is 0 Å². The van der Waals surface area contributed by atoms with Crippen LogP contribution in [0.3, 0.4) is 0 Å². The zero-order valence-electron chi connectivity index (χ0n) is 7.89. The third-order valence-electron chi connectivity index (χ3n) is 3.11. The van der Waals surface area contributed by atoms with E-state index in [1.807, 2.05) is 0 Å². The van der Waals surface area contributed by atoms with Gasteiger partial charge in [-0.05, 0) is 19.8 Å². The van der Waals surface area contributed by atoms with Crippen LogP contribution in [0.2, 0.25) is 0 Å². The quantitative estimate of drug-likeness (QED) is 0.644. The number of hydrogen-bond donors (Lipinski definition) is 3. The van der Waals surface area contributed by atoms with Gasteiger partial charge in [0.05, 0.1) is 5.69 Å². The summed E-state index contributed by atoms with van der Waals surface area (Å²) in [5.41, 5.74) is -0.0376. The third kappa shape index (κ3) is 0.950. The second-order valence-electron chi connectivity index (χ2n) is 3.82. The van der Waals surface area contributed by atoms with E-state index in [0.717, 1.165) is 6.42 Å². The lowest BCUT2D eigenvalue weighted by molar-refractivity contribution is -0.147. The Labute approximate surface area is 80.1 Å². The molecule has 0 atom stereocenters. The van der Waals surface area contributed by atoms with Gasteiger partial charge in [0.1, 0.15) is 5.41 Å². The number of rotatable bonds is 2. The van der Waals surface area contributed by atoms with Gasteiger partial charge in [-0.15, -0.1) is 0 Å². The van der Waals surface area contributed by atoms with Crippen LogP contribution in [0.15, 0.2) is 4.79 Å². The largest absolute Gasteiger partial charge is 0.481 e. The molecule has 1 heterocycles. The number of aromatic amines is 2. The van der Waals surface area contributed by atoms with Gasteiger partial charge in [0.2, 0.25) is 0 Å². The third-order valence-corrected chi connectivity index (χ3v) is 3.11. The molecule has 0 amide bonds. The Bertz CT molecular complexity index is 426. The van der Waals surface area contributed by atoms with Crippen molar-refractivity contribution in [2.24, 2.45) is 0 Å².